The van der Waals surface area contributed by atoms with Gasteiger partial charge in [-0.1, -0.05) is 0 Å². The molecule has 0 saturated carbocycles. The third-order valence-electron chi connectivity index (χ3n) is 2.95. The van der Waals surface area contributed by atoms with Gasteiger partial charge in [0.05, 0.1) is 0 Å². The van der Waals surface area contributed by atoms with Crippen molar-refractivity contribution < 1.29 is 0 Å². The molecule has 19 heavy (non-hydrogen) atoms. The SMILES string of the molecule is c1ccc([As](c2ccccc2)c2ccncc2)cc1. The summed E-state index contributed by atoms with van der Waals surface area (Å²) < 4.78 is 4.32. The standard InChI is InChI=1S/C17H14AsN/c1-3-7-15(8-4-1)18(16-9-5-2-6-10-16)17-11-13-19-14-12-17/h1-14H. The summed E-state index contributed by atoms with van der Waals surface area (Å²) in [6.45, 7) is 0. The van der Waals surface area contributed by atoms with E-state index in [4.69, 9.17) is 0 Å². The van der Waals surface area contributed by atoms with Crippen molar-refractivity contribution in [2.24, 2.45) is 0 Å². The van der Waals surface area contributed by atoms with Gasteiger partial charge in [0.1, 0.15) is 0 Å². The second kappa shape index (κ2) is 5.86. The van der Waals surface area contributed by atoms with Gasteiger partial charge in [-0.15, -0.1) is 0 Å². The topological polar surface area (TPSA) is 12.9 Å². The van der Waals surface area contributed by atoms with Crippen molar-refractivity contribution in [1.29, 1.82) is 0 Å². The number of pyridine rings is 1. The van der Waals surface area contributed by atoms with E-state index in [1.54, 1.807) is 0 Å². The van der Waals surface area contributed by atoms with Gasteiger partial charge in [-0.05, 0) is 0 Å². The zero-order chi connectivity index (χ0) is 12.9. The molecule has 0 aliphatic rings. The van der Waals surface area contributed by atoms with Gasteiger partial charge < -0.3 is 0 Å². The molecule has 0 bridgehead atoms. The first-order valence-electron chi connectivity index (χ1n) is 6.25. The maximum absolute atomic E-state index is 4.14. The molecule has 0 aliphatic heterocycles. The Bertz CT molecular complexity index is 529. The van der Waals surface area contributed by atoms with Crippen LogP contribution in [-0.2, 0) is 0 Å². The molecule has 0 amide bonds. The Kier molecular flexibility index (Phi) is 3.76. The number of hydrogen-bond acceptors (Lipinski definition) is 1. The average molecular weight is 307 g/mol. The van der Waals surface area contributed by atoms with E-state index < -0.39 is 14.7 Å². The van der Waals surface area contributed by atoms with Crippen molar-refractivity contribution in [3.63, 3.8) is 0 Å². The molecule has 0 fully saturated rings. The first-order chi connectivity index (χ1) is 9.45. The van der Waals surface area contributed by atoms with Crippen molar-refractivity contribution in [2.45, 2.75) is 0 Å². The van der Waals surface area contributed by atoms with Gasteiger partial charge in [0.15, 0.2) is 0 Å². The third kappa shape index (κ3) is 2.77. The molecule has 0 radical (unpaired) electrons. The molecular formula is C17H14AsN. The number of rotatable bonds is 3. The van der Waals surface area contributed by atoms with Crippen LogP contribution in [0.4, 0.5) is 0 Å². The summed E-state index contributed by atoms with van der Waals surface area (Å²) in [6, 6.07) is 25.9. The molecular weight excluding hydrogens is 293 g/mol. The Morgan fingerprint density at radius 2 is 0.947 bits per heavy atom. The predicted molar refractivity (Wildman–Crippen MR) is 81.8 cm³/mol. The summed E-state index contributed by atoms with van der Waals surface area (Å²) in [4.78, 5) is 4.14. The molecule has 2 heteroatoms. The summed E-state index contributed by atoms with van der Waals surface area (Å²) >= 11 is -1.43. The van der Waals surface area contributed by atoms with Gasteiger partial charge in [-0.3, -0.25) is 0 Å². The molecule has 1 nitrogen and oxygen atoms in total. The monoisotopic (exact) mass is 307 g/mol. The van der Waals surface area contributed by atoms with Crippen molar-refractivity contribution in [3.05, 3.63) is 85.2 Å². The van der Waals surface area contributed by atoms with Crippen LogP contribution < -0.4 is 13.1 Å². The van der Waals surface area contributed by atoms with Gasteiger partial charge in [-0.2, -0.15) is 0 Å². The predicted octanol–water partition coefficient (Wildman–Crippen LogP) is 1.60. The fraction of sp³-hybridized carbons (Fsp3) is 0. The summed E-state index contributed by atoms with van der Waals surface area (Å²) in [7, 11) is 0. The normalized spacial score (nSPS) is 10.6. The molecule has 0 N–H and O–H groups in total. The van der Waals surface area contributed by atoms with Crippen LogP contribution in [0.25, 0.3) is 0 Å². The van der Waals surface area contributed by atoms with Gasteiger partial charge in [0, 0.05) is 0 Å². The quantitative estimate of drug-likeness (QED) is 0.670. The summed E-state index contributed by atoms with van der Waals surface area (Å²) in [5.74, 6) is 0. The molecule has 3 aromatic rings. The number of hydrogen-bond donors (Lipinski definition) is 0. The van der Waals surface area contributed by atoms with Crippen LogP contribution in [0.2, 0.25) is 0 Å². The Hall–Kier alpha value is -1.85. The molecule has 1 heterocycles. The summed E-state index contributed by atoms with van der Waals surface area (Å²) in [5.41, 5.74) is 0. The van der Waals surface area contributed by atoms with Gasteiger partial charge in [0.25, 0.3) is 0 Å². The Balaban J connectivity index is 2.12. The van der Waals surface area contributed by atoms with Gasteiger partial charge in [-0.25, -0.2) is 0 Å². The van der Waals surface area contributed by atoms with E-state index >= 15 is 0 Å². The molecule has 0 unspecified atom stereocenters. The van der Waals surface area contributed by atoms with Crippen molar-refractivity contribution >= 4 is 27.7 Å². The molecule has 0 spiro atoms. The third-order valence-corrected chi connectivity index (χ3v) is 8.08. The van der Waals surface area contributed by atoms with Crippen LogP contribution in [0.3, 0.4) is 0 Å². The first kappa shape index (κ1) is 12.2. The zero-order valence-electron chi connectivity index (χ0n) is 10.5. The molecule has 0 atom stereocenters. The van der Waals surface area contributed by atoms with Crippen LogP contribution in [0.15, 0.2) is 85.2 Å². The minimum absolute atomic E-state index is 1.42. The molecule has 3 rings (SSSR count). The van der Waals surface area contributed by atoms with E-state index in [1.165, 1.54) is 13.1 Å². The van der Waals surface area contributed by atoms with Crippen molar-refractivity contribution in [3.8, 4) is 0 Å². The Labute approximate surface area is 118 Å². The van der Waals surface area contributed by atoms with Crippen LogP contribution in [-0.4, -0.2) is 19.6 Å². The second-order valence-corrected chi connectivity index (χ2v) is 8.87. The van der Waals surface area contributed by atoms with E-state index in [9.17, 15) is 0 Å². The van der Waals surface area contributed by atoms with E-state index in [-0.39, 0.29) is 0 Å². The van der Waals surface area contributed by atoms with Gasteiger partial charge in [0.2, 0.25) is 0 Å². The van der Waals surface area contributed by atoms with Crippen molar-refractivity contribution in [1.82, 2.24) is 4.98 Å². The average Bonchev–Trinajstić information content (AvgIpc) is 2.51. The van der Waals surface area contributed by atoms with Crippen LogP contribution >= 0.6 is 0 Å². The van der Waals surface area contributed by atoms with E-state index in [2.05, 4.69) is 77.8 Å². The first-order valence-corrected chi connectivity index (χ1v) is 9.07. The number of aromatic nitrogens is 1. The Morgan fingerprint density at radius 3 is 1.42 bits per heavy atom. The number of nitrogens with zero attached hydrogens (tertiary/aromatic N) is 1. The van der Waals surface area contributed by atoms with Gasteiger partial charge >= 0.3 is 118 Å². The van der Waals surface area contributed by atoms with Crippen LogP contribution in [0, 0.1) is 0 Å². The van der Waals surface area contributed by atoms with E-state index in [1.807, 2.05) is 12.4 Å². The van der Waals surface area contributed by atoms with Crippen LogP contribution in [0.1, 0.15) is 0 Å². The fourth-order valence-electron chi connectivity index (χ4n) is 2.09. The minimum atomic E-state index is -1.43. The molecule has 1 aromatic heterocycles. The van der Waals surface area contributed by atoms with Crippen molar-refractivity contribution in [2.75, 3.05) is 0 Å². The number of benzene rings is 2. The Morgan fingerprint density at radius 1 is 0.526 bits per heavy atom. The summed E-state index contributed by atoms with van der Waals surface area (Å²) in [6.07, 6.45) is 3.78. The fourth-order valence-corrected chi connectivity index (χ4v) is 6.85. The maximum atomic E-state index is 4.14. The molecule has 2 aromatic carbocycles. The molecule has 0 aliphatic carbocycles. The molecule has 92 valence electrons. The van der Waals surface area contributed by atoms with E-state index in [0.29, 0.717) is 0 Å². The van der Waals surface area contributed by atoms with E-state index in [0.717, 1.165) is 0 Å². The molecule has 0 saturated heterocycles. The second-order valence-electron chi connectivity index (χ2n) is 4.21. The summed E-state index contributed by atoms with van der Waals surface area (Å²) in [5, 5.41) is 0. The van der Waals surface area contributed by atoms with Crippen LogP contribution in [0.5, 0.6) is 0 Å². The zero-order valence-corrected chi connectivity index (χ0v) is 12.4.